The fraction of sp³-hybridized carbons (Fsp3) is 0.476. The van der Waals surface area contributed by atoms with E-state index in [9.17, 15) is 4.79 Å². The van der Waals surface area contributed by atoms with Crippen LogP contribution in [0.2, 0.25) is 5.02 Å². The predicted octanol–water partition coefficient (Wildman–Crippen LogP) is 2.72. The zero-order valence-electron chi connectivity index (χ0n) is 16.8. The number of aromatic nitrogens is 2. The molecule has 1 unspecified atom stereocenters. The molecule has 1 aliphatic heterocycles. The molecule has 1 amide bonds. The third-order valence-electron chi connectivity index (χ3n) is 5.11. The first-order chi connectivity index (χ1) is 13.4. The van der Waals surface area contributed by atoms with Crippen molar-refractivity contribution in [2.45, 2.75) is 19.9 Å². The van der Waals surface area contributed by atoms with Crippen molar-refractivity contribution in [2.24, 2.45) is 5.92 Å². The van der Waals surface area contributed by atoms with Crippen LogP contribution in [-0.4, -0.2) is 65.9 Å². The quantitative estimate of drug-likeness (QED) is 0.771. The molecule has 150 valence electrons. The first-order valence-electron chi connectivity index (χ1n) is 9.61. The minimum Gasteiger partial charge on any atom is -0.363 e. The van der Waals surface area contributed by atoms with Crippen molar-refractivity contribution < 1.29 is 4.79 Å². The van der Waals surface area contributed by atoms with Gasteiger partial charge in [0.05, 0.1) is 0 Å². The summed E-state index contributed by atoms with van der Waals surface area (Å²) in [5, 5.41) is 0.751. The molecule has 7 heteroatoms. The molecule has 0 saturated carbocycles. The summed E-state index contributed by atoms with van der Waals surface area (Å²) in [7, 11) is 3.95. The Kier molecular flexibility index (Phi) is 6.86. The Morgan fingerprint density at radius 2 is 1.93 bits per heavy atom. The topological polar surface area (TPSA) is 52.6 Å². The SMILES string of the molecule is CC(=O)N1CCN(Cc2ccc(Cl)cc2)CC(Cc2cc(N(C)C)ncn2)C1. The maximum atomic E-state index is 12.1. The zero-order chi connectivity index (χ0) is 20.1. The van der Waals surface area contributed by atoms with Gasteiger partial charge in [0, 0.05) is 70.5 Å². The third kappa shape index (κ3) is 5.66. The monoisotopic (exact) mass is 401 g/mol. The lowest BCUT2D eigenvalue weighted by atomic mass is 10.0. The van der Waals surface area contributed by atoms with Crippen molar-refractivity contribution in [3.05, 3.63) is 52.9 Å². The molecule has 2 aromatic rings. The van der Waals surface area contributed by atoms with E-state index in [1.165, 1.54) is 5.56 Å². The van der Waals surface area contributed by atoms with Gasteiger partial charge in [0.1, 0.15) is 12.1 Å². The van der Waals surface area contributed by atoms with Crippen LogP contribution in [0.3, 0.4) is 0 Å². The lowest BCUT2D eigenvalue weighted by Crippen LogP contribution is -2.34. The van der Waals surface area contributed by atoms with Crippen molar-refractivity contribution in [3.8, 4) is 0 Å². The molecule has 1 fully saturated rings. The van der Waals surface area contributed by atoms with Gasteiger partial charge in [0.15, 0.2) is 0 Å². The largest absolute Gasteiger partial charge is 0.363 e. The molecular weight excluding hydrogens is 374 g/mol. The van der Waals surface area contributed by atoms with E-state index in [1.807, 2.05) is 42.1 Å². The van der Waals surface area contributed by atoms with Crippen LogP contribution < -0.4 is 4.90 Å². The van der Waals surface area contributed by atoms with Gasteiger partial charge in [-0.3, -0.25) is 9.69 Å². The van der Waals surface area contributed by atoms with Crippen LogP contribution in [0.15, 0.2) is 36.7 Å². The van der Waals surface area contributed by atoms with Crippen LogP contribution in [0.25, 0.3) is 0 Å². The molecule has 1 aromatic heterocycles. The summed E-state index contributed by atoms with van der Waals surface area (Å²) in [5.41, 5.74) is 2.25. The van der Waals surface area contributed by atoms with E-state index in [-0.39, 0.29) is 5.91 Å². The van der Waals surface area contributed by atoms with Crippen molar-refractivity contribution in [1.82, 2.24) is 19.8 Å². The number of rotatable bonds is 5. The zero-order valence-corrected chi connectivity index (χ0v) is 17.6. The second-order valence-electron chi connectivity index (χ2n) is 7.66. The Balaban J connectivity index is 1.73. The van der Waals surface area contributed by atoms with Crippen LogP contribution in [0.5, 0.6) is 0 Å². The standard InChI is InChI=1S/C21H28ClN5O/c1-16(28)27-9-8-26(12-17-4-6-19(22)7-5-17)13-18(14-27)10-20-11-21(25(2)3)24-15-23-20/h4-7,11,15,18H,8-10,12-14H2,1-3H3. The number of hydrogen-bond donors (Lipinski definition) is 0. The molecule has 0 aliphatic carbocycles. The van der Waals surface area contributed by atoms with Crippen LogP contribution in [0.1, 0.15) is 18.2 Å². The lowest BCUT2D eigenvalue weighted by molar-refractivity contribution is -0.129. The van der Waals surface area contributed by atoms with Gasteiger partial charge in [-0.05, 0) is 30.0 Å². The molecule has 1 aliphatic rings. The minimum absolute atomic E-state index is 0.134. The van der Waals surface area contributed by atoms with Crippen LogP contribution in [0.4, 0.5) is 5.82 Å². The number of benzene rings is 1. The van der Waals surface area contributed by atoms with Gasteiger partial charge in [-0.25, -0.2) is 9.97 Å². The van der Waals surface area contributed by atoms with Crippen molar-refractivity contribution >= 4 is 23.3 Å². The normalized spacial score (nSPS) is 18.0. The maximum absolute atomic E-state index is 12.1. The molecule has 0 radical (unpaired) electrons. The molecule has 3 rings (SSSR count). The molecule has 0 spiro atoms. The Labute approximate surface area is 172 Å². The lowest BCUT2D eigenvalue weighted by Gasteiger charge is -2.24. The Hall–Kier alpha value is -2.18. The molecule has 2 heterocycles. The summed E-state index contributed by atoms with van der Waals surface area (Å²) in [4.78, 5) is 27.2. The number of anilines is 1. The van der Waals surface area contributed by atoms with Gasteiger partial charge in [-0.15, -0.1) is 0 Å². The predicted molar refractivity (Wildman–Crippen MR) is 113 cm³/mol. The van der Waals surface area contributed by atoms with Crippen LogP contribution in [-0.2, 0) is 17.8 Å². The highest BCUT2D eigenvalue weighted by molar-refractivity contribution is 6.30. The number of carbonyl (C=O) groups excluding carboxylic acids is 1. The average molecular weight is 402 g/mol. The van der Waals surface area contributed by atoms with Crippen molar-refractivity contribution in [3.63, 3.8) is 0 Å². The van der Waals surface area contributed by atoms with E-state index in [2.05, 4.69) is 27.0 Å². The van der Waals surface area contributed by atoms with Gasteiger partial charge in [-0.1, -0.05) is 23.7 Å². The fourth-order valence-electron chi connectivity index (χ4n) is 3.62. The molecule has 1 atom stereocenters. The highest BCUT2D eigenvalue weighted by atomic mass is 35.5. The first kappa shape index (κ1) is 20.6. The van der Waals surface area contributed by atoms with Crippen molar-refractivity contribution in [2.75, 3.05) is 45.2 Å². The highest BCUT2D eigenvalue weighted by Crippen LogP contribution is 2.19. The summed E-state index contributed by atoms with van der Waals surface area (Å²) in [6.45, 7) is 5.81. The van der Waals surface area contributed by atoms with Gasteiger partial charge in [0.2, 0.25) is 5.91 Å². The first-order valence-corrected chi connectivity index (χ1v) is 9.99. The average Bonchev–Trinajstić information content (AvgIpc) is 2.86. The molecule has 6 nitrogen and oxygen atoms in total. The smallest absolute Gasteiger partial charge is 0.219 e. The van der Waals surface area contributed by atoms with E-state index in [0.29, 0.717) is 5.92 Å². The van der Waals surface area contributed by atoms with E-state index in [0.717, 1.165) is 55.7 Å². The second-order valence-corrected chi connectivity index (χ2v) is 8.10. The van der Waals surface area contributed by atoms with E-state index in [1.54, 1.807) is 13.3 Å². The number of amides is 1. The van der Waals surface area contributed by atoms with Crippen LogP contribution >= 0.6 is 11.6 Å². The number of carbonyl (C=O) groups is 1. The van der Waals surface area contributed by atoms with E-state index in [4.69, 9.17) is 11.6 Å². The van der Waals surface area contributed by atoms with E-state index >= 15 is 0 Å². The highest BCUT2D eigenvalue weighted by Gasteiger charge is 2.25. The Morgan fingerprint density at radius 3 is 2.61 bits per heavy atom. The molecule has 28 heavy (non-hydrogen) atoms. The summed E-state index contributed by atoms with van der Waals surface area (Å²) in [6.07, 6.45) is 2.44. The van der Waals surface area contributed by atoms with E-state index < -0.39 is 0 Å². The van der Waals surface area contributed by atoms with Gasteiger partial charge < -0.3 is 9.80 Å². The molecule has 1 saturated heterocycles. The number of nitrogens with zero attached hydrogens (tertiary/aromatic N) is 5. The fourth-order valence-corrected chi connectivity index (χ4v) is 3.75. The second kappa shape index (κ2) is 9.34. The molecular formula is C21H28ClN5O. The molecule has 0 bridgehead atoms. The van der Waals surface area contributed by atoms with Crippen LogP contribution in [0, 0.1) is 5.92 Å². The third-order valence-corrected chi connectivity index (χ3v) is 5.36. The number of halogens is 1. The van der Waals surface area contributed by atoms with Gasteiger partial charge in [-0.2, -0.15) is 0 Å². The summed E-state index contributed by atoms with van der Waals surface area (Å²) < 4.78 is 0. The minimum atomic E-state index is 0.134. The maximum Gasteiger partial charge on any atom is 0.219 e. The molecule has 1 aromatic carbocycles. The van der Waals surface area contributed by atoms with Crippen molar-refractivity contribution in [1.29, 1.82) is 0 Å². The van der Waals surface area contributed by atoms with Gasteiger partial charge in [0.25, 0.3) is 0 Å². The summed E-state index contributed by atoms with van der Waals surface area (Å²) >= 11 is 6.01. The molecule has 0 N–H and O–H groups in total. The summed E-state index contributed by atoms with van der Waals surface area (Å²) in [5.74, 6) is 1.36. The Bertz CT molecular complexity index is 796. The summed E-state index contributed by atoms with van der Waals surface area (Å²) in [6, 6.07) is 10.0. The Morgan fingerprint density at radius 1 is 1.18 bits per heavy atom. The number of hydrogen-bond acceptors (Lipinski definition) is 5. The van der Waals surface area contributed by atoms with Gasteiger partial charge >= 0.3 is 0 Å².